The van der Waals surface area contributed by atoms with E-state index in [0.29, 0.717) is 12.6 Å². The third-order valence-electron chi connectivity index (χ3n) is 3.94. The van der Waals surface area contributed by atoms with E-state index in [1.54, 1.807) is 0 Å². The third kappa shape index (κ3) is 8.84. The summed E-state index contributed by atoms with van der Waals surface area (Å²) in [5, 5.41) is 15.2. The topological polar surface area (TPSA) is 67.1 Å². The molecule has 0 spiro atoms. The first-order chi connectivity index (χ1) is 10.9. The Bertz CT molecular complexity index is 483. The van der Waals surface area contributed by atoms with Gasteiger partial charge in [0.2, 0.25) is 0 Å². The second-order valence-electron chi connectivity index (χ2n) is 6.68. The minimum absolute atomic E-state index is 0. The molecular formula is C17H35IN6. The number of guanidine groups is 1. The minimum atomic E-state index is 0. The monoisotopic (exact) mass is 450 g/mol. The van der Waals surface area contributed by atoms with Gasteiger partial charge in [-0.05, 0) is 39.0 Å². The van der Waals surface area contributed by atoms with Crippen LogP contribution in [0.25, 0.3) is 0 Å². The molecule has 0 saturated carbocycles. The fourth-order valence-corrected chi connectivity index (χ4v) is 2.16. The van der Waals surface area contributed by atoms with Crippen LogP contribution in [0.3, 0.4) is 0 Å². The van der Waals surface area contributed by atoms with Crippen LogP contribution in [-0.4, -0.2) is 33.3 Å². The number of rotatable bonds is 9. The fourth-order valence-electron chi connectivity index (χ4n) is 2.16. The van der Waals surface area contributed by atoms with Gasteiger partial charge in [0.05, 0.1) is 0 Å². The van der Waals surface area contributed by atoms with Gasteiger partial charge in [0.25, 0.3) is 0 Å². The van der Waals surface area contributed by atoms with E-state index < -0.39 is 0 Å². The highest BCUT2D eigenvalue weighted by Crippen LogP contribution is 2.06. The molecule has 7 heteroatoms. The van der Waals surface area contributed by atoms with E-state index in [2.05, 4.69) is 53.5 Å². The molecule has 1 aromatic rings. The molecular weight excluding hydrogens is 415 g/mol. The molecule has 2 N–H and O–H groups in total. The molecule has 1 aromatic heterocycles. The Morgan fingerprint density at radius 3 is 2.46 bits per heavy atom. The zero-order valence-electron chi connectivity index (χ0n) is 16.1. The van der Waals surface area contributed by atoms with E-state index in [-0.39, 0.29) is 24.0 Å². The summed E-state index contributed by atoms with van der Waals surface area (Å²) >= 11 is 0. The Morgan fingerprint density at radius 2 is 1.92 bits per heavy atom. The van der Waals surface area contributed by atoms with Crippen molar-refractivity contribution < 1.29 is 0 Å². The van der Waals surface area contributed by atoms with E-state index in [9.17, 15) is 0 Å². The lowest BCUT2D eigenvalue weighted by Crippen LogP contribution is -2.42. The number of hydrogen-bond acceptors (Lipinski definition) is 3. The maximum absolute atomic E-state index is 4.68. The molecule has 1 heterocycles. The summed E-state index contributed by atoms with van der Waals surface area (Å²) in [6, 6.07) is 0.409. The summed E-state index contributed by atoms with van der Waals surface area (Å²) in [5.41, 5.74) is 0. The highest BCUT2D eigenvalue weighted by atomic mass is 127. The van der Waals surface area contributed by atoms with Gasteiger partial charge in [0.15, 0.2) is 11.8 Å². The van der Waals surface area contributed by atoms with E-state index in [0.717, 1.165) is 42.9 Å². The van der Waals surface area contributed by atoms with Crippen LogP contribution in [0.5, 0.6) is 0 Å². The summed E-state index contributed by atoms with van der Waals surface area (Å²) in [6.07, 6.45) is 4.68. The van der Waals surface area contributed by atoms with Crippen LogP contribution >= 0.6 is 24.0 Å². The first-order valence-corrected chi connectivity index (χ1v) is 8.83. The molecule has 0 radical (unpaired) electrons. The molecule has 0 saturated heterocycles. The van der Waals surface area contributed by atoms with Gasteiger partial charge in [0.1, 0.15) is 12.4 Å². The van der Waals surface area contributed by atoms with Crippen molar-refractivity contribution in [2.24, 2.45) is 18.0 Å². The van der Waals surface area contributed by atoms with E-state index in [1.165, 1.54) is 12.8 Å². The van der Waals surface area contributed by atoms with Gasteiger partial charge >= 0.3 is 0 Å². The molecule has 24 heavy (non-hydrogen) atoms. The molecule has 1 atom stereocenters. The quantitative estimate of drug-likeness (QED) is 0.262. The molecule has 0 aromatic carbocycles. The molecule has 0 aliphatic rings. The molecule has 1 rings (SSSR count). The standard InChI is InChI=1S/C17H34N6.HI/c1-7-8-11-18-17(20-14(4)10-9-13(2)3)19-12-16-22-21-15(5)23(16)6;/h13-14H,7-12H2,1-6H3,(H2,18,19,20);1H. The normalized spacial score (nSPS) is 12.9. The van der Waals surface area contributed by atoms with E-state index >= 15 is 0 Å². The summed E-state index contributed by atoms with van der Waals surface area (Å²) < 4.78 is 1.98. The summed E-state index contributed by atoms with van der Waals surface area (Å²) in [4.78, 5) is 4.68. The van der Waals surface area contributed by atoms with Crippen LogP contribution in [0.4, 0.5) is 0 Å². The fraction of sp³-hybridized carbons (Fsp3) is 0.824. The Labute approximate surface area is 164 Å². The number of aliphatic imine (C=N–C) groups is 1. The zero-order valence-corrected chi connectivity index (χ0v) is 18.4. The number of unbranched alkanes of at least 4 members (excludes halogenated alkanes) is 1. The number of hydrogen-bond donors (Lipinski definition) is 2. The molecule has 0 fully saturated rings. The van der Waals surface area contributed by atoms with Crippen molar-refractivity contribution in [3.05, 3.63) is 11.6 Å². The number of nitrogens with zero attached hydrogens (tertiary/aromatic N) is 4. The van der Waals surface area contributed by atoms with Crippen molar-refractivity contribution in [3.8, 4) is 0 Å². The largest absolute Gasteiger partial charge is 0.356 e. The van der Waals surface area contributed by atoms with Gasteiger partial charge in [-0.3, -0.25) is 0 Å². The molecule has 0 bridgehead atoms. The first-order valence-electron chi connectivity index (χ1n) is 8.83. The lowest BCUT2D eigenvalue weighted by Gasteiger charge is -2.19. The Morgan fingerprint density at radius 1 is 1.21 bits per heavy atom. The van der Waals surface area contributed by atoms with Gasteiger partial charge in [-0.2, -0.15) is 0 Å². The van der Waals surface area contributed by atoms with Crippen LogP contribution in [0.15, 0.2) is 4.99 Å². The number of nitrogens with one attached hydrogen (secondary N) is 2. The molecule has 140 valence electrons. The van der Waals surface area contributed by atoms with Crippen molar-refractivity contribution in [1.82, 2.24) is 25.4 Å². The number of halogens is 1. The maximum Gasteiger partial charge on any atom is 0.191 e. The highest BCUT2D eigenvalue weighted by Gasteiger charge is 2.08. The van der Waals surface area contributed by atoms with Gasteiger partial charge in [0, 0.05) is 19.6 Å². The molecule has 6 nitrogen and oxygen atoms in total. The van der Waals surface area contributed by atoms with Gasteiger partial charge in [-0.15, -0.1) is 34.2 Å². The van der Waals surface area contributed by atoms with Gasteiger partial charge in [-0.1, -0.05) is 27.2 Å². The van der Waals surface area contributed by atoms with Crippen LogP contribution in [0.1, 0.15) is 65.0 Å². The third-order valence-corrected chi connectivity index (χ3v) is 3.94. The molecule has 0 aliphatic heterocycles. The van der Waals surface area contributed by atoms with Crippen molar-refractivity contribution in [2.75, 3.05) is 6.54 Å². The average Bonchev–Trinajstić information content (AvgIpc) is 2.82. The Hall–Kier alpha value is -0.860. The predicted octanol–water partition coefficient (Wildman–Crippen LogP) is 3.40. The number of aromatic nitrogens is 3. The lowest BCUT2D eigenvalue weighted by atomic mass is 10.0. The Balaban J connectivity index is 0.00000529. The van der Waals surface area contributed by atoms with E-state index in [1.807, 2.05) is 18.5 Å². The predicted molar refractivity (Wildman–Crippen MR) is 112 cm³/mol. The second kappa shape index (κ2) is 12.5. The van der Waals surface area contributed by atoms with Crippen molar-refractivity contribution in [1.29, 1.82) is 0 Å². The Kier molecular flexibility index (Phi) is 12.0. The summed E-state index contributed by atoms with van der Waals surface area (Å²) in [5.74, 6) is 3.40. The maximum atomic E-state index is 4.68. The summed E-state index contributed by atoms with van der Waals surface area (Å²) in [6.45, 7) is 12.4. The minimum Gasteiger partial charge on any atom is -0.356 e. The van der Waals surface area contributed by atoms with Crippen LogP contribution in [-0.2, 0) is 13.6 Å². The zero-order chi connectivity index (χ0) is 17.2. The molecule has 0 amide bonds. The van der Waals surface area contributed by atoms with Crippen LogP contribution in [0, 0.1) is 12.8 Å². The first kappa shape index (κ1) is 23.1. The van der Waals surface area contributed by atoms with Crippen LogP contribution < -0.4 is 10.6 Å². The number of aryl methyl sites for hydroxylation is 1. The average molecular weight is 450 g/mol. The molecule has 1 unspecified atom stereocenters. The highest BCUT2D eigenvalue weighted by molar-refractivity contribution is 14.0. The lowest BCUT2D eigenvalue weighted by molar-refractivity contribution is 0.488. The SMILES string of the molecule is CCCCNC(=NCc1nnc(C)n1C)NC(C)CCC(C)C.I. The van der Waals surface area contributed by atoms with E-state index in [4.69, 9.17) is 0 Å². The van der Waals surface area contributed by atoms with Crippen molar-refractivity contribution >= 4 is 29.9 Å². The van der Waals surface area contributed by atoms with Gasteiger partial charge in [-0.25, -0.2) is 4.99 Å². The van der Waals surface area contributed by atoms with Crippen molar-refractivity contribution in [2.45, 2.75) is 72.9 Å². The smallest absolute Gasteiger partial charge is 0.191 e. The summed E-state index contributed by atoms with van der Waals surface area (Å²) in [7, 11) is 1.98. The van der Waals surface area contributed by atoms with Crippen LogP contribution in [0.2, 0.25) is 0 Å². The second-order valence-corrected chi connectivity index (χ2v) is 6.68. The van der Waals surface area contributed by atoms with Gasteiger partial charge < -0.3 is 15.2 Å². The molecule has 0 aliphatic carbocycles. The van der Waals surface area contributed by atoms with Crippen molar-refractivity contribution in [3.63, 3.8) is 0 Å².